The molecular formula is C24H22BrN3O3. The summed E-state index contributed by atoms with van der Waals surface area (Å²) < 4.78 is 6.56. The third-order valence-corrected chi connectivity index (χ3v) is 4.80. The van der Waals surface area contributed by atoms with Gasteiger partial charge in [0.25, 0.3) is 11.8 Å². The van der Waals surface area contributed by atoms with Crippen LogP contribution in [0.5, 0.6) is 5.75 Å². The van der Waals surface area contributed by atoms with Crippen molar-refractivity contribution in [2.45, 2.75) is 13.5 Å². The summed E-state index contributed by atoms with van der Waals surface area (Å²) in [6.45, 7) is 2.37. The van der Waals surface area contributed by atoms with Crippen molar-refractivity contribution in [3.63, 3.8) is 0 Å². The Bertz CT molecular complexity index is 1060. The number of amides is 2. The molecule has 6 nitrogen and oxygen atoms in total. The Morgan fingerprint density at radius 2 is 1.77 bits per heavy atom. The van der Waals surface area contributed by atoms with Crippen LogP contribution in [0.15, 0.2) is 82.4 Å². The lowest BCUT2D eigenvalue weighted by Gasteiger charge is -2.07. The number of carbonyl (C=O) groups excluding carboxylic acids is 2. The maximum Gasteiger partial charge on any atom is 0.259 e. The van der Waals surface area contributed by atoms with Gasteiger partial charge in [0.1, 0.15) is 12.4 Å². The molecule has 0 aromatic heterocycles. The van der Waals surface area contributed by atoms with Crippen LogP contribution in [0.3, 0.4) is 0 Å². The third kappa shape index (κ3) is 7.38. The number of nitrogens with one attached hydrogen (secondary N) is 2. The predicted molar refractivity (Wildman–Crippen MR) is 124 cm³/mol. The summed E-state index contributed by atoms with van der Waals surface area (Å²) >= 11 is 3.31. The van der Waals surface area contributed by atoms with Gasteiger partial charge in [0, 0.05) is 10.0 Å². The van der Waals surface area contributed by atoms with Crippen molar-refractivity contribution >= 4 is 34.0 Å². The molecule has 3 aromatic carbocycles. The monoisotopic (exact) mass is 479 g/mol. The van der Waals surface area contributed by atoms with Crippen molar-refractivity contribution in [3.05, 3.63) is 99.5 Å². The number of nitrogens with zero attached hydrogens (tertiary/aromatic N) is 1. The highest BCUT2D eigenvalue weighted by Crippen LogP contribution is 2.14. The molecule has 7 heteroatoms. The molecule has 0 bridgehead atoms. The molecule has 0 saturated carbocycles. The molecule has 2 amide bonds. The molecule has 158 valence electrons. The van der Waals surface area contributed by atoms with Crippen LogP contribution in [0.4, 0.5) is 0 Å². The summed E-state index contributed by atoms with van der Waals surface area (Å²) in [5.41, 5.74) is 5.98. The molecule has 0 saturated heterocycles. The lowest BCUT2D eigenvalue weighted by Crippen LogP contribution is -2.34. The Kier molecular flexibility index (Phi) is 7.95. The normalized spacial score (nSPS) is 10.6. The first kappa shape index (κ1) is 22.2. The highest BCUT2D eigenvalue weighted by atomic mass is 79.9. The van der Waals surface area contributed by atoms with E-state index in [0.717, 1.165) is 21.3 Å². The fourth-order valence-corrected chi connectivity index (χ4v) is 3.01. The van der Waals surface area contributed by atoms with E-state index in [0.29, 0.717) is 12.2 Å². The van der Waals surface area contributed by atoms with Gasteiger partial charge in [-0.05, 0) is 60.5 Å². The number of hydrazone groups is 1. The Hall–Kier alpha value is -3.45. The first-order valence-corrected chi connectivity index (χ1v) is 10.4. The van der Waals surface area contributed by atoms with Crippen LogP contribution in [-0.4, -0.2) is 24.6 Å². The van der Waals surface area contributed by atoms with E-state index in [1.165, 1.54) is 11.8 Å². The van der Waals surface area contributed by atoms with Crippen molar-refractivity contribution in [2.24, 2.45) is 5.10 Å². The fraction of sp³-hybridized carbons (Fsp3) is 0.125. The molecule has 0 aliphatic rings. The Balaban J connectivity index is 1.41. The summed E-state index contributed by atoms with van der Waals surface area (Å²) in [4.78, 5) is 23.9. The minimum atomic E-state index is -0.419. The number of benzene rings is 3. The highest BCUT2D eigenvalue weighted by molar-refractivity contribution is 9.10. The summed E-state index contributed by atoms with van der Waals surface area (Å²) in [6.07, 6.45) is 1.53. The van der Waals surface area contributed by atoms with E-state index in [1.54, 1.807) is 18.2 Å². The van der Waals surface area contributed by atoms with Crippen LogP contribution in [0.2, 0.25) is 0 Å². The van der Waals surface area contributed by atoms with Crippen molar-refractivity contribution in [3.8, 4) is 5.75 Å². The quantitative estimate of drug-likeness (QED) is 0.375. The minimum Gasteiger partial charge on any atom is -0.489 e. The molecular weight excluding hydrogens is 458 g/mol. The van der Waals surface area contributed by atoms with Gasteiger partial charge in [-0.15, -0.1) is 0 Å². The van der Waals surface area contributed by atoms with Crippen LogP contribution in [0.25, 0.3) is 0 Å². The number of carbonyl (C=O) groups is 2. The number of aryl methyl sites for hydroxylation is 1. The molecule has 0 atom stereocenters. The average Bonchev–Trinajstić information content (AvgIpc) is 2.78. The van der Waals surface area contributed by atoms with E-state index in [2.05, 4.69) is 43.9 Å². The molecule has 0 unspecified atom stereocenters. The predicted octanol–water partition coefficient (Wildman–Crippen LogP) is 4.22. The average molecular weight is 480 g/mol. The van der Waals surface area contributed by atoms with Gasteiger partial charge < -0.3 is 10.1 Å². The maximum atomic E-state index is 12.0. The molecule has 0 aliphatic heterocycles. The van der Waals surface area contributed by atoms with Crippen molar-refractivity contribution in [2.75, 3.05) is 6.54 Å². The van der Waals surface area contributed by atoms with Crippen LogP contribution in [-0.2, 0) is 11.4 Å². The highest BCUT2D eigenvalue weighted by Gasteiger charge is 2.07. The van der Waals surface area contributed by atoms with Crippen LogP contribution in [0, 0.1) is 6.92 Å². The Morgan fingerprint density at radius 3 is 2.48 bits per heavy atom. The smallest absolute Gasteiger partial charge is 0.259 e. The van der Waals surface area contributed by atoms with E-state index in [9.17, 15) is 9.59 Å². The maximum absolute atomic E-state index is 12.0. The van der Waals surface area contributed by atoms with Gasteiger partial charge in [-0.25, -0.2) is 5.43 Å². The van der Waals surface area contributed by atoms with E-state index in [4.69, 9.17) is 4.74 Å². The lowest BCUT2D eigenvalue weighted by molar-refractivity contribution is -0.120. The first-order valence-electron chi connectivity index (χ1n) is 9.64. The fourth-order valence-electron chi connectivity index (χ4n) is 2.61. The van der Waals surface area contributed by atoms with Gasteiger partial charge in [0.05, 0.1) is 12.8 Å². The zero-order valence-corrected chi connectivity index (χ0v) is 18.6. The zero-order valence-electron chi connectivity index (χ0n) is 17.0. The van der Waals surface area contributed by atoms with E-state index >= 15 is 0 Å². The van der Waals surface area contributed by atoms with Crippen LogP contribution >= 0.6 is 15.9 Å². The van der Waals surface area contributed by atoms with Gasteiger partial charge in [-0.2, -0.15) is 5.10 Å². The van der Waals surface area contributed by atoms with Gasteiger partial charge in [0.2, 0.25) is 0 Å². The number of halogens is 1. The van der Waals surface area contributed by atoms with E-state index in [-0.39, 0.29) is 12.5 Å². The van der Waals surface area contributed by atoms with E-state index < -0.39 is 5.91 Å². The molecule has 0 aliphatic carbocycles. The van der Waals surface area contributed by atoms with Gasteiger partial charge >= 0.3 is 0 Å². The Labute approximate surface area is 189 Å². The largest absolute Gasteiger partial charge is 0.489 e. The lowest BCUT2D eigenvalue weighted by atomic mass is 10.2. The molecule has 31 heavy (non-hydrogen) atoms. The molecule has 0 spiro atoms. The number of hydrogen-bond donors (Lipinski definition) is 2. The number of ether oxygens (including phenoxy) is 1. The van der Waals surface area contributed by atoms with Gasteiger partial charge in [-0.3, -0.25) is 9.59 Å². The third-order valence-electron chi connectivity index (χ3n) is 4.31. The molecule has 0 radical (unpaired) electrons. The second-order valence-electron chi connectivity index (χ2n) is 6.83. The molecule has 0 fully saturated rings. The number of rotatable bonds is 8. The Morgan fingerprint density at radius 1 is 1.03 bits per heavy atom. The van der Waals surface area contributed by atoms with Gasteiger partial charge in [0.15, 0.2) is 0 Å². The summed E-state index contributed by atoms with van der Waals surface area (Å²) in [7, 11) is 0. The molecule has 3 aromatic rings. The topological polar surface area (TPSA) is 79.8 Å². The first-order chi connectivity index (χ1) is 15.0. The zero-order chi connectivity index (χ0) is 22.1. The summed E-state index contributed by atoms with van der Waals surface area (Å²) in [6, 6.07) is 22.5. The SMILES string of the molecule is Cc1ccc(COc2ccc(/C=N\NC(=O)CNC(=O)c3cccc(Br)c3)cc2)cc1. The minimum absolute atomic E-state index is 0.172. The summed E-state index contributed by atoms with van der Waals surface area (Å²) in [5.74, 6) is -0.00340. The molecule has 3 rings (SSSR count). The summed E-state index contributed by atoms with van der Waals surface area (Å²) in [5, 5.41) is 6.46. The molecule has 2 N–H and O–H groups in total. The van der Waals surface area contributed by atoms with E-state index in [1.807, 2.05) is 49.4 Å². The number of hydrogen-bond acceptors (Lipinski definition) is 4. The second kappa shape index (κ2) is 11.1. The van der Waals surface area contributed by atoms with Crippen molar-refractivity contribution in [1.29, 1.82) is 0 Å². The molecule has 0 heterocycles. The van der Waals surface area contributed by atoms with Gasteiger partial charge in [-0.1, -0.05) is 51.8 Å². The van der Waals surface area contributed by atoms with Crippen molar-refractivity contribution < 1.29 is 14.3 Å². The van der Waals surface area contributed by atoms with Crippen LogP contribution < -0.4 is 15.5 Å². The standard InChI is InChI=1S/C24H22BrN3O3/c1-17-5-7-19(8-6-17)16-31-22-11-9-18(10-12-22)14-27-28-23(29)15-26-24(30)20-3-2-4-21(25)13-20/h2-14H,15-16H2,1H3,(H,26,30)(H,28,29)/b27-14-. The van der Waals surface area contributed by atoms with Crippen LogP contribution in [0.1, 0.15) is 27.0 Å². The second-order valence-corrected chi connectivity index (χ2v) is 7.75. The van der Waals surface area contributed by atoms with Crippen molar-refractivity contribution in [1.82, 2.24) is 10.7 Å².